The van der Waals surface area contributed by atoms with Gasteiger partial charge in [0.15, 0.2) is 9.84 Å². The lowest BCUT2D eigenvalue weighted by molar-refractivity contribution is -0.150. The molecule has 0 aliphatic carbocycles. The minimum atomic E-state index is -2.91. The molecule has 1 rings (SSSR count). The van der Waals surface area contributed by atoms with Gasteiger partial charge >= 0.3 is 5.97 Å². The molecule has 0 aromatic rings. The second-order valence-electron chi connectivity index (χ2n) is 5.14. The Morgan fingerprint density at radius 2 is 2.12 bits per heavy atom. The molecule has 6 heteroatoms. The van der Waals surface area contributed by atoms with Crippen molar-refractivity contribution in [2.75, 3.05) is 26.0 Å². The smallest absolute Gasteiger partial charge is 0.312 e. The predicted octanol–water partition coefficient (Wildman–Crippen LogP) is 0.352. The lowest BCUT2D eigenvalue weighted by Gasteiger charge is -2.22. The van der Waals surface area contributed by atoms with Gasteiger partial charge in [0.1, 0.15) is 0 Å². The molecule has 0 spiro atoms. The average Bonchev–Trinajstić information content (AvgIpc) is 2.57. The van der Waals surface area contributed by atoms with Crippen LogP contribution in [0.25, 0.3) is 0 Å². The molecule has 1 aliphatic rings. The van der Waals surface area contributed by atoms with Crippen LogP contribution >= 0.6 is 0 Å². The van der Waals surface area contributed by atoms with Gasteiger partial charge in [-0.1, -0.05) is 0 Å². The van der Waals surface area contributed by atoms with Crippen LogP contribution in [0.5, 0.6) is 0 Å². The van der Waals surface area contributed by atoms with Crippen molar-refractivity contribution in [3.8, 4) is 0 Å². The number of hydrogen-bond acceptors (Lipinski definition) is 5. The van der Waals surface area contributed by atoms with Gasteiger partial charge in [0, 0.05) is 13.1 Å². The van der Waals surface area contributed by atoms with Crippen LogP contribution in [0.1, 0.15) is 26.7 Å². The molecule has 0 aromatic carbocycles. The van der Waals surface area contributed by atoms with Gasteiger partial charge in [0.05, 0.1) is 23.5 Å². The zero-order chi connectivity index (χ0) is 13.1. The van der Waals surface area contributed by atoms with Gasteiger partial charge in [-0.05, 0) is 26.7 Å². The van der Waals surface area contributed by atoms with Gasteiger partial charge in [-0.3, -0.25) is 4.79 Å². The van der Waals surface area contributed by atoms with Crippen molar-refractivity contribution in [2.24, 2.45) is 5.41 Å². The second kappa shape index (κ2) is 5.35. The van der Waals surface area contributed by atoms with E-state index in [2.05, 4.69) is 10.1 Å². The Bertz CT molecular complexity index is 375. The lowest BCUT2D eigenvalue weighted by atomic mass is 9.94. The van der Waals surface area contributed by atoms with E-state index in [9.17, 15) is 13.2 Å². The van der Waals surface area contributed by atoms with Gasteiger partial charge in [0.25, 0.3) is 0 Å². The highest BCUT2D eigenvalue weighted by Crippen LogP contribution is 2.20. The zero-order valence-corrected chi connectivity index (χ0v) is 11.5. The van der Waals surface area contributed by atoms with Crippen LogP contribution in [-0.2, 0) is 19.4 Å². The molecule has 1 unspecified atom stereocenters. The quantitative estimate of drug-likeness (QED) is 0.725. The van der Waals surface area contributed by atoms with E-state index in [4.69, 9.17) is 0 Å². The number of nitrogens with one attached hydrogen (secondary N) is 1. The van der Waals surface area contributed by atoms with Crippen molar-refractivity contribution in [1.29, 1.82) is 0 Å². The van der Waals surface area contributed by atoms with Crippen molar-refractivity contribution in [1.82, 2.24) is 5.32 Å². The topological polar surface area (TPSA) is 72.5 Å². The summed E-state index contributed by atoms with van der Waals surface area (Å²) >= 11 is 0. The molecule has 1 atom stereocenters. The standard InChI is InChI=1S/C11H21NO4S/c1-11(2,10(13)16-3)8-12-7-9-5-4-6-17(9,14)15/h9,12H,4-8H2,1-3H3. The second-order valence-corrected chi connectivity index (χ2v) is 7.54. The molecule has 0 amide bonds. The molecule has 0 bridgehead atoms. The molecule has 17 heavy (non-hydrogen) atoms. The Morgan fingerprint density at radius 1 is 1.47 bits per heavy atom. The maximum atomic E-state index is 11.6. The van der Waals surface area contributed by atoms with E-state index in [0.717, 1.165) is 6.42 Å². The summed E-state index contributed by atoms with van der Waals surface area (Å²) in [6.07, 6.45) is 1.46. The first-order valence-corrected chi connectivity index (χ1v) is 7.52. The van der Waals surface area contributed by atoms with Gasteiger partial charge in [-0.15, -0.1) is 0 Å². The van der Waals surface area contributed by atoms with E-state index >= 15 is 0 Å². The molecule has 0 radical (unpaired) electrons. The maximum Gasteiger partial charge on any atom is 0.312 e. The molecule has 1 N–H and O–H groups in total. The number of rotatable bonds is 5. The Morgan fingerprint density at radius 3 is 2.59 bits per heavy atom. The fourth-order valence-electron chi connectivity index (χ4n) is 1.98. The summed E-state index contributed by atoms with van der Waals surface area (Å²) in [5.41, 5.74) is -0.628. The van der Waals surface area contributed by atoms with Crippen molar-refractivity contribution >= 4 is 15.8 Å². The monoisotopic (exact) mass is 263 g/mol. The molecular weight excluding hydrogens is 242 g/mol. The van der Waals surface area contributed by atoms with E-state index in [-0.39, 0.29) is 11.2 Å². The number of ether oxygens (including phenoxy) is 1. The molecule has 0 saturated carbocycles. The maximum absolute atomic E-state index is 11.6. The van der Waals surface area contributed by atoms with E-state index in [1.807, 2.05) is 0 Å². The highest BCUT2D eigenvalue weighted by Gasteiger charge is 2.33. The average molecular weight is 263 g/mol. The van der Waals surface area contributed by atoms with Crippen LogP contribution in [-0.4, -0.2) is 45.6 Å². The van der Waals surface area contributed by atoms with Gasteiger partial charge in [-0.2, -0.15) is 0 Å². The summed E-state index contributed by atoms with van der Waals surface area (Å²) in [5.74, 6) is -0.000924. The van der Waals surface area contributed by atoms with E-state index < -0.39 is 15.3 Å². The highest BCUT2D eigenvalue weighted by atomic mass is 32.2. The van der Waals surface area contributed by atoms with E-state index in [0.29, 0.717) is 25.3 Å². The first-order valence-electron chi connectivity index (χ1n) is 5.80. The predicted molar refractivity (Wildman–Crippen MR) is 65.5 cm³/mol. The van der Waals surface area contributed by atoms with Crippen molar-refractivity contribution in [2.45, 2.75) is 31.9 Å². The number of carbonyl (C=O) groups is 1. The molecule has 1 aliphatic heterocycles. The molecule has 1 heterocycles. The summed E-state index contributed by atoms with van der Waals surface area (Å²) in [7, 11) is -1.56. The van der Waals surface area contributed by atoms with Crippen molar-refractivity contribution in [3.63, 3.8) is 0 Å². The third-order valence-corrected chi connectivity index (χ3v) is 5.42. The van der Waals surface area contributed by atoms with E-state index in [1.54, 1.807) is 13.8 Å². The van der Waals surface area contributed by atoms with Crippen molar-refractivity contribution < 1.29 is 17.9 Å². The molecule has 5 nitrogen and oxygen atoms in total. The Balaban J connectivity index is 2.40. The number of sulfone groups is 1. The normalized spacial score (nSPS) is 23.6. The summed E-state index contributed by atoms with van der Waals surface area (Å²) in [4.78, 5) is 11.4. The van der Waals surface area contributed by atoms with Crippen molar-refractivity contribution in [3.05, 3.63) is 0 Å². The summed E-state index contributed by atoms with van der Waals surface area (Å²) in [6.45, 7) is 4.39. The zero-order valence-electron chi connectivity index (χ0n) is 10.7. The number of methoxy groups -OCH3 is 1. The SMILES string of the molecule is COC(=O)C(C)(C)CNCC1CCCS1(=O)=O. The third-order valence-electron chi connectivity index (χ3n) is 3.14. The van der Waals surface area contributed by atoms with Crippen LogP contribution in [0.4, 0.5) is 0 Å². The fourth-order valence-corrected chi connectivity index (χ4v) is 3.78. The first-order chi connectivity index (χ1) is 7.79. The first kappa shape index (κ1) is 14.4. The number of esters is 1. The third kappa shape index (κ3) is 3.67. The molecule has 100 valence electrons. The van der Waals surface area contributed by atoms with Crippen LogP contribution in [0.15, 0.2) is 0 Å². The summed E-state index contributed by atoms with van der Waals surface area (Å²) < 4.78 is 27.8. The lowest BCUT2D eigenvalue weighted by Crippen LogP contribution is -2.40. The number of carbonyl (C=O) groups excluding carboxylic acids is 1. The van der Waals surface area contributed by atoms with Gasteiger partial charge < -0.3 is 10.1 Å². The molecule has 1 saturated heterocycles. The Hall–Kier alpha value is -0.620. The summed E-state index contributed by atoms with van der Waals surface area (Å²) in [6, 6.07) is 0. The van der Waals surface area contributed by atoms with Crippen LogP contribution in [0.3, 0.4) is 0 Å². The van der Waals surface area contributed by atoms with E-state index in [1.165, 1.54) is 7.11 Å². The van der Waals surface area contributed by atoms with Gasteiger partial charge in [0.2, 0.25) is 0 Å². The molecule has 0 aromatic heterocycles. The largest absolute Gasteiger partial charge is 0.469 e. The molecular formula is C11H21NO4S. The van der Waals surface area contributed by atoms with Crippen LogP contribution in [0, 0.1) is 5.41 Å². The van der Waals surface area contributed by atoms with Crippen LogP contribution < -0.4 is 5.32 Å². The Kier molecular flexibility index (Phi) is 4.55. The minimum Gasteiger partial charge on any atom is -0.469 e. The number of hydrogen-bond donors (Lipinski definition) is 1. The highest BCUT2D eigenvalue weighted by molar-refractivity contribution is 7.92. The minimum absolute atomic E-state index is 0.291. The molecule has 1 fully saturated rings. The van der Waals surface area contributed by atoms with Crippen LogP contribution in [0.2, 0.25) is 0 Å². The fraction of sp³-hybridized carbons (Fsp3) is 0.909. The summed E-state index contributed by atoms with van der Waals surface area (Å²) in [5, 5.41) is 2.76. The Labute approximate surface area is 103 Å². The van der Waals surface area contributed by atoms with Gasteiger partial charge in [-0.25, -0.2) is 8.42 Å².